The summed E-state index contributed by atoms with van der Waals surface area (Å²) in [6.07, 6.45) is 1.16. The van der Waals surface area contributed by atoms with Crippen LogP contribution in [0.25, 0.3) is 0 Å². The summed E-state index contributed by atoms with van der Waals surface area (Å²) in [5, 5.41) is 2.79. The lowest BCUT2D eigenvalue weighted by molar-refractivity contribution is 0.0939. The van der Waals surface area contributed by atoms with E-state index in [1.54, 1.807) is 14.1 Å². The molecule has 0 aliphatic carbocycles. The Bertz CT molecular complexity index is 707. The van der Waals surface area contributed by atoms with Gasteiger partial charge in [-0.05, 0) is 23.6 Å². The third-order valence-corrected chi connectivity index (χ3v) is 4.37. The van der Waals surface area contributed by atoms with E-state index in [0.29, 0.717) is 6.54 Å². The molecule has 8 heteroatoms. The average molecular weight is 360 g/mol. The first-order valence-corrected chi connectivity index (χ1v) is 8.79. The van der Waals surface area contributed by atoms with Gasteiger partial charge < -0.3 is 10.2 Å². The average Bonchev–Trinajstić information content (AvgIpc) is 2.42. The van der Waals surface area contributed by atoms with Crippen molar-refractivity contribution in [2.45, 2.75) is 25.7 Å². The van der Waals surface area contributed by atoms with E-state index in [1.807, 2.05) is 20.8 Å². The molecule has 0 aliphatic rings. The second-order valence-electron chi connectivity index (χ2n) is 6.55. The Morgan fingerprint density at radius 3 is 2.48 bits per heavy atom. The summed E-state index contributed by atoms with van der Waals surface area (Å²) in [6, 6.07) is 4.10. The molecule has 6 nitrogen and oxygen atoms in total. The summed E-state index contributed by atoms with van der Waals surface area (Å²) in [7, 11) is -0.670. The summed E-state index contributed by atoms with van der Waals surface area (Å²) in [5.41, 5.74) is 0.143. The van der Waals surface area contributed by atoms with Crippen molar-refractivity contribution >= 4 is 33.9 Å². The van der Waals surface area contributed by atoms with E-state index in [4.69, 9.17) is 11.6 Å². The Morgan fingerprint density at radius 2 is 1.96 bits per heavy atom. The molecule has 0 heterocycles. The van der Waals surface area contributed by atoms with Crippen LogP contribution in [0, 0.1) is 5.41 Å². The zero-order valence-electron chi connectivity index (χ0n) is 13.9. The van der Waals surface area contributed by atoms with Crippen LogP contribution in [0.15, 0.2) is 27.5 Å². The number of sulfonamides is 1. The van der Waals surface area contributed by atoms with Crippen molar-refractivity contribution in [2.24, 2.45) is 9.81 Å². The van der Waals surface area contributed by atoms with Crippen molar-refractivity contribution in [3.8, 4) is 0 Å². The highest BCUT2D eigenvalue weighted by atomic mass is 35.5. The smallest absolute Gasteiger partial charge is 0.285 e. The molecule has 0 atom stereocenters. The summed E-state index contributed by atoms with van der Waals surface area (Å²) in [6.45, 7) is 6.43. The van der Waals surface area contributed by atoms with Crippen LogP contribution in [-0.4, -0.2) is 46.2 Å². The molecule has 0 aromatic heterocycles. The predicted molar refractivity (Wildman–Crippen MR) is 92.6 cm³/mol. The van der Waals surface area contributed by atoms with Gasteiger partial charge in [0, 0.05) is 26.2 Å². The highest BCUT2D eigenvalue weighted by Gasteiger charge is 2.20. The maximum Gasteiger partial charge on any atom is 0.285 e. The van der Waals surface area contributed by atoms with Crippen LogP contribution in [-0.2, 0) is 10.0 Å². The fraction of sp³-hybridized carbons (Fsp3) is 0.467. The first-order valence-electron chi connectivity index (χ1n) is 6.97. The molecule has 0 aliphatic heterocycles. The monoisotopic (exact) mass is 359 g/mol. The number of carbonyl (C=O) groups excluding carboxylic acids is 1. The topological polar surface area (TPSA) is 78.8 Å². The van der Waals surface area contributed by atoms with Gasteiger partial charge in [0.15, 0.2) is 0 Å². The first kappa shape index (κ1) is 19.4. The summed E-state index contributed by atoms with van der Waals surface area (Å²) < 4.78 is 27.9. The van der Waals surface area contributed by atoms with Crippen LogP contribution >= 0.6 is 11.6 Å². The molecule has 0 radical (unpaired) electrons. The molecule has 1 aromatic carbocycles. The highest BCUT2D eigenvalue weighted by Crippen LogP contribution is 2.24. The Kier molecular flexibility index (Phi) is 6.18. The summed E-state index contributed by atoms with van der Waals surface area (Å²) >= 11 is 5.95. The minimum absolute atomic E-state index is 0.0216. The Labute approximate surface area is 142 Å². The van der Waals surface area contributed by atoms with E-state index in [0.717, 1.165) is 6.34 Å². The second kappa shape index (κ2) is 7.31. The second-order valence-corrected chi connectivity index (χ2v) is 8.56. The van der Waals surface area contributed by atoms with Crippen LogP contribution in [0.4, 0.5) is 0 Å². The third-order valence-electron chi connectivity index (χ3n) is 2.67. The molecule has 1 N–H and O–H groups in total. The molecule has 0 spiro atoms. The molecular weight excluding hydrogens is 338 g/mol. The molecule has 0 saturated carbocycles. The van der Waals surface area contributed by atoms with Gasteiger partial charge >= 0.3 is 0 Å². The molecule has 1 rings (SSSR count). The van der Waals surface area contributed by atoms with E-state index in [9.17, 15) is 13.2 Å². The molecule has 0 saturated heterocycles. The molecule has 0 unspecified atom stereocenters. The maximum absolute atomic E-state index is 12.2. The largest absolute Gasteiger partial charge is 0.368 e. The van der Waals surface area contributed by atoms with E-state index < -0.39 is 10.0 Å². The standard InChI is InChI=1S/C15H22ClN3O3S/c1-15(2,3)9-17-14(20)11-6-7-12(16)13(8-11)23(21,22)18-10-19(4)5/h6-8,10H,9H2,1-5H3,(H,17,20). The van der Waals surface area contributed by atoms with Gasteiger partial charge in [0.25, 0.3) is 15.9 Å². The maximum atomic E-state index is 12.2. The van der Waals surface area contributed by atoms with Gasteiger partial charge in [-0.2, -0.15) is 8.42 Å². The number of amides is 1. The Morgan fingerprint density at radius 1 is 1.35 bits per heavy atom. The number of hydrogen-bond donors (Lipinski definition) is 1. The molecule has 128 valence electrons. The number of nitrogens with one attached hydrogen (secondary N) is 1. The minimum Gasteiger partial charge on any atom is -0.368 e. The van der Waals surface area contributed by atoms with Crippen LogP contribution < -0.4 is 5.32 Å². The molecular formula is C15H22ClN3O3S. The first-order chi connectivity index (χ1) is 10.4. The van der Waals surface area contributed by atoms with Crippen molar-refractivity contribution in [1.82, 2.24) is 10.2 Å². The van der Waals surface area contributed by atoms with Gasteiger partial charge in [0.05, 0.1) is 5.02 Å². The molecule has 23 heavy (non-hydrogen) atoms. The van der Waals surface area contributed by atoms with E-state index >= 15 is 0 Å². The number of rotatable bonds is 5. The lowest BCUT2D eigenvalue weighted by atomic mass is 9.97. The molecule has 1 amide bonds. The van der Waals surface area contributed by atoms with Gasteiger partial charge in [0.1, 0.15) is 11.2 Å². The zero-order chi connectivity index (χ0) is 17.8. The summed E-state index contributed by atoms with van der Waals surface area (Å²) in [4.78, 5) is 13.4. The fourth-order valence-electron chi connectivity index (χ4n) is 1.50. The number of carbonyl (C=O) groups is 1. The van der Waals surface area contributed by atoms with Crippen molar-refractivity contribution in [3.05, 3.63) is 28.8 Å². The van der Waals surface area contributed by atoms with Gasteiger partial charge in [0.2, 0.25) is 0 Å². The van der Waals surface area contributed by atoms with E-state index in [-0.39, 0.29) is 26.8 Å². The third kappa shape index (κ3) is 6.19. The van der Waals surface area contributed by atoms with Gasteiger partial charge in [-0.3, -0.25) is 4.79 Å². The summed E-state index contributed by atoms with van der Waals surface area (Å²) in [5.74, 6) is -0.357. The van der Waals surface area contributed by atoms with Gasteiger partial charge in [-0.25, -0.2) is 0 Å². The Balaban J connectivity index is 3.11. The van der Waals surface area contributed by atoms with Crippen molar-refractivity contribution in [1.29, 1.82) is 0 Å². The zero-order valence-corrected chi connectivity index (χ0v) is 15.5. The predicted octanol–water partition coefficient (Wildman–Crippen LogP) is 2.39. The number of nitrogens with zero attached hydrogens (tertiary/aromatic N) is 2. The van der Waals surface area contributed by atoms with Crippen LogP contribution in [0.3, 0.4) is 0 Å². The SMILES string of the molecule is CN(C)C=NS(=O)(=O)c1cc(C(=O)NCC(C)(C)C)ccc1Cl. The highest BCUT2D eigenvalue weighted by molar-refractivity contribution is 7.90. The van der Waals surface area contributed by atoms with Crippen molar-refractivity contribution in [2.75, 3.05) is 20.6 Å². The van der Waals surface area contributed by atoms with Gasteiger partial charge in [-0.1, -0.05) is 32.4 Å². The molecule has 0 bridgehead atoms. The number of benzene rings is 1. The normalized spacial score (nSPS) is 12.4. The Hall–Kier alpha value is -1.60. The minimum atomic E-state index is -3.97. The van der Waals surface area contributed by atoms with Crippen molar-refractivity contribution in [3.63, 3.8) is 0 Å². The lowest BCUT2D eigenvalue weighted by Gasteiger charge is -2.18. The quantitative estimate of drug-likeness (QED) is 0.646. The van der Waals surface area contributed by atoms with Crippen LogP contribution in [0.5, 0.6) is 0 Å². The van der Waals surface area contributed by atoms with Gasteiger partial charge in [-0.15, -0.1) is 4.40 Å². The van der Waals surface area contributed by atoms with Crippen LogP contribution in [0.2, 0.25) is 5.02 Å². The fourth-order valence-corrected chi connectivity index (χ4v) is 2.93. The molecule has 0 fully saturated rings. The van der Waals surface area contributed by atoms with Crippen molar-refractivity contribution < 1.29 is 13.2 Å². The van der Waals surface area contributed by atoms with Crippen LogP contribution in [0.1, 0.15) is 31.1 Å². The number of hydrogen-bond acceptors (Lipinski definition) is 3. The van der Waals surface area contributed by atoms with E-state index in [1.165, 1.54) is 23.1 Å². The van der Waals surface area contributed by atoms with E-state index in [2.05, 4.69) is 9.71 Å². The number of halogens is 1. The lowest BCUT2D eigenvalue weighted by Crippen LogP contribution is -2.32. The molecule has 1 aromatic rings.